The van der Waals surface area contributed by atoms with Gasteiger partial charge >= 0.3 is 5.97 Å². The van der Waals surface area contributed by atoms with E-state index in [2.05, 4.69) is 20.8 Å². The van der Waals surface area contributed by atoms with Crippen LogP contribution >= 0.6 is 11.8 Å². The van der Waals surface area contributed by atoms with Crippen LogP contribution in [-0.2, 0) is 14.3 Å². The van der Waals surface area contributed by atoms with E-state index in [0.29, 0.717) is 18.9 Å². The fourth-order valence-electron chi connectivity index (χ4n) is 1.91. The third kappa shape index (κ3) is 4.52. The van der Waals surface area contributed by atoms with Crippen LogP contribution in [0.2, 0.25) is 0 Å². The van der Waals surface area contributed by atoms with Crippen LogP contribution in [0.1, 0.15) is 40.5 Å². The van der Waals surface area contributed by atoms with E-state index in [4.69, 9.17) is 4.74 Å². The Morgan fingerprint density at radius 2 is 2.06 bits per heavy atom. The van der Waals surface area contributed by atoms with Crippen molar-refractivity contribution in [1.29, 1.82) is 0 Å². The van der Waals surface area contributed by atoms with E-state index in [1.165, 1.54) is 0 Å². The number of likely N-dealkylation sites (tertiary alicyclic amines) is 1. The Hall–Kier alpha value is -0.710. The first-order valence-corrected chi connectivity index (χ1v) is 7.44. The van der Waals surface area contributed by atoms with Crippen LogP contribution in [0.25, 0.3) is 0 Å². The molecule has 0 radical (unpaired) electrons. The average Bonchev–Trinajstić information content (AvgIpc) is 2.74. The number of nitrogens with zero attached hydrogens (tertiary/aromatic N) is 1. The second kappa shape index (κ2) is 6.45. The molecular weight excluding hydrogens is 250 g/mol. The summed E-state index contributed by atoms with van der Waals surface area (Å²) in [6.07, 6.45) is 1.61. The number of hydrogen-bond donors (Lipinski definition) is 0. The number of ether oxygens (including phenoxy) is 1. The minimum atomic E-state index is -0.363. The maximum Gasteiger partial charge on any atom is 0.328 e. The van der Waals surface area contributed by atoms with Gasteiger partial charge in [-0.1, -0.05) is 20.8 Å². The van der Waals surface area contributed by atoms with Crippen molar-refractivity contribution in [3.8, 4) is 0 Å². The quantitative estimate of drug-likeness (QED) is 0.736. The molecule has 1 aliphatic rings. The Morgan fingerprint density at radius 3 is 2.61 bits per heavy atom. The minimum Gasteiger partial charge on any atom is -0.464 e. The lowest BCUT2D eigenvalue weighted by Gasteiger charge is -2.25. The Kier molecular flexibility index (Phi) is 5.50. The molecule has 0 aromatic rings. The largest absolute Gasteiger partial charge is 0.464 e. The molecule has 5 heteroatoms. The molecule has 0 aromatic heterocycles. The number of rotatable bonds is 4. The maximum absolute atomic E-state index is 12.1. The van der Waals surface area contributed by atoms with Gasteiger partial charge in [-0.05, 0) is 19.8 Å². The zero-order chi connectivity index (χ0) is 13.8. The Balaban J connectivity index is 2.53. The molecule has 1 rings (SSSR count). The van der Waals surface area contributed by atoms with Crippen molar-refractivity contribution >= 4 is 23.6 Å². The highest BCUT2D eigenvalue weighted by Crippen LogP contribution is 2.25. The van der Waals surface area contributed by atoms with Crippen molar-refractivity contribution in [2.24, 2.45) is 0 Å². The van der Waals surface area contributed by atoms with Crippen LogP contribution in [-0.4, -0.2) is 46.5 Å². The molecule has 0 aliphatic carbocycles. The van der Waals surface area contributed by atoms with Gasteiger partial charge in [0.15, 0.2) is 0 Å². The molecule has 18 heavy (non-hydrogen) atoms. The van der Waals surface area contributed by atoms with Crippen LogP contribution in [0.5, 0.6) is 0 Å². The molecule has 1 saturated heterocycles. The Labute approximate surface area is 113 Å². The summed E-state index contributed by atoms with van der Waals surface area (Å²) in [6, 6.07) is -0.363. The summed E-state index contributed by atoms with van der Waals surface area (Å²) < 4.78 is 5.08. The number of esters is 1. The molecule has 1 atom stereocenters. The van der Waals surface area contributed by atoms with E-state index >= 15 is 0 Å². The molecule has 0 saturated carbocycles. The molecule has 1 heterocycles. The highest BCUT2D eigenvalue weighted by Gasteiger charge is 2.35. The molecule has 1 aliphatic heterocycles. The van der Waals surface area contributed by atoms with Gasteiger partial charge in [-0.25, -0.2) is 4.79 Å². The predicted octanol–water partition coefficient (Wildman–Crippen LogP) is 2.07. The number of carbonyl (C=O) groups excluding carboxylic acids is 2. The first kappa shape index (κ1) is 15.3. The van der Waals surface area contributed by atoms with Crippen molar-refractivity contribution in [2.75, 3.05) is 18.9 Å². The van der Waals surface area contributed by atoms with Crippen molar-refractivity contribution in [3.63, 3.8) is 0 Å². The highest BCUT2D eigenvalue weighted by atomic mass is 32.2. The summed E-state index contributed by atoms with van der Waals surface area (Å²) in [7, 11) is 0. The second-order valence-corrected chi connectivity index (χ2v) is 7.20. The van der Waals surface area contributed by atoms with Gasteiger partial charge in [0, 0.05) is 11.3 Å². The smallest absolute Gasteiger partial charge is 0.328 e. The molecule has 0 spiro atoms. The van der Waals surface area contributed by atoms with Gasteiger partial charge < -0.3 is 9.64 Å². The van der Waals surface area contributed by atoms with Gasteiger partial charge in [0.2, 0.25) is 5.91 Å². The zero-order valence-corrected chi connectivity index (χ0v) is 12.5. The first-order valence-electron chi connectivity index (χ1n) is 6.45. The van der Waals surface area contributed by atoms with E-state index in [0.717, 1.165) is 12.8 Å². The fourth-order valence-corrected chi connectivity index (χ4v) is 2.63. The third-order valence-electron chi connectivity index (χ3n) is 2.76. The summed E-state index contributed by atoms with van der Waals surface area (Å²) in [6.45, 7) is 9.07. The van der Waals surface area contributed by atoms with Crippen LogP contribution in [0.3, 0.4) is 0 Å². The van der Waals surface area contributed by atoms with Crippen molar-refractivity contribution in [2.45, 2.75) is 51.3 Å². The SMILES string of the molecule is CCOC(=O)C1CCCN1C(=O)CSC(C)(C)C. The predicted molar refractivity (Wildman–Crippen MR) is 73.6 cm³/mol. The third-order valence-corrected chi connectivity index (χ3v) is 4.02. The lowest BCUT2D eigenvalue weighted by atomic mass is 10.2. The molecule has 1 amide bonds. The van der Waals surface area contributed by atoms with Crippen molar-refractivity contribution in [3.05, 3.63) is 0 Å². The molecule has 104 valence electrons. The lowest BCUT2D eigenvalue weighted by Crippen LogP contribution is -2.42. The van der Waals surface area contributed by atoms with Crippen molar-refractivity contribution < 1.29 is 14.3 Å². The van der Waals surface area contributed by atoms with Crippen molar-refractivity contribution in [1.82, 2.24) is 4.90 Å². The number of hydrogen-bond acceptors (Lipinski definition) is 4. The van der Waals surface area contributed by atoms with E-state index in [1.54, 1.807) is 23.6 Å². The molecule has 1 unspecified atom stereocenters. The molecule has 0 N–H and O–H groups in total. The summed E-state index contributed by atoms with van der Waals surface area (Å²) in [5, 5.41) is 0. The topological polar surface area (TPSA) is 46.6 Å². The summed E-state index contributed by atoms with van der Waals surface area (Å²) >= 11 is 1.61. The van der Waals surface area contributed by atoms with Gasteiger partial charge in [-0.2, -0.15) is 0 Å². The number of thioether (sulfide) groups is 1. The standard InChI is InChI=1S/C13H23NO3S/c1-5-17-12(16)10-7-6-8-14(10)11(15)9-18-13(2,3)4/h10H,5-9H2,1-4H3. The van der Waals surface area contributed by atoms with Gasteiger partial charge in [0.05, 0.1) is 12.4 Å². The number of amides is 1. The minimum absolute atomic E-state index is 0.0467. The Bertz CT molecular complexity index is 312. The fraction of sp³-hybridized carbons (Fsp3) is 0.846. The normalized spacial score (nSPS) is 20.0. The van der Waals surface area contributed by atoms with E-state index < -0.39 is 0 Å². The molecule has 0 aromatic carbocycles. The van der Waals surface area contributed by atoms with E-state index in [1.807, 2.05) is 0 Å². The molecule has 0 bridgehead atoms. The molecule has 4 nitrogen and oxygen atoms in total. The first-order chi connectivity index (χ1) is 8.35. The maximum atomic E-state index is 12.1. The zero-order valence-electron chi connectivity index (χ0n) is 11.7. The van der Waals surface area contributed by atoms with Crippen LogP contribution in [0.4, 0.5) is 0 Å². The lowest BCUT2D eigenvalue weighted by molar-refractivity contribution is -0.152. The van der Waals surface area contributed by atoms with Crippen LogP contribution in [0.15, 0.2) is 0 Å². The summed E-state index contributed by atoms with van der Waals surface area (Å²) in [5.74, 6) is 0.217. The van der Waals surface area contributed by atoms with Gasteiger partial charge in [-0.15, -0.1) is 11.8 Å². The summed E-state index contributed by atoms with van der Waals surface area (Å²) in [5.41, 5.74) is 0. The second-order valence-electron chi connectivity index (χ2n) is 5.40. The van der Waals surface area contributed by atoms with Gasteiger partial charge in [-0.3, -0.25) is 4.79 Å². The number of carbonyl (C=O) groups is 2. The highest BCUT2D eigenvalue weighted by molar-refractivity contribution is 8.01. The van der Waals surface area contributed by atoms with E-state index in [-0.39, 0.29) is 22.7 Å². The van der Waals surface area contributed by atoms with Gasteiger partial charge in [0.25, 0.3) is 0 Å². The van der Waals surface area contributed by atoms with Gasteiger partial charge in [0.1, 0.15) is 6.04 Å². The molecule has 1 fully saturated rings. The average molecular weight is 273 g/mol. The van der Waals surface area contributed by atoms with E-state index in [9.17, 15) is 9.59 Å². The van der Waals surface area contributed by atoms with Crippen LogP contribution in [0, 0.1) is 0 Å². The summed E-state index contributed by atoms with van der Waals surface area (Å²) in [4.78, 5) is 25.5. The van der Waals surface area contributed by atoms with Crippen LogP contribution < -0.4 is 0 Å². The Morgan fingerprint density at radius 1 is 1.39 bits per heavy atom. The molecular formula is C13H23NO3S. The monoisotopic (exact) mass is 273 g/mol.